The Morgan fingerprint density at radius 1 is 1.21 bits per heavy atom. The van der Waals surface area contributed by atoms with Gasteiger partial charge in [-0.3, -0.25) is 0 Å². The molecule has 0 fully saturated rings. The molecule has 0 amide bonds. The quantitative estimate of drug-likeness (QED) is 0.819. The first-order valence-corrected chi connectivity index (χ1v) is 9.06. The summed E-state index contributed by atoms with van der Waals surface area (Å²) in [5.74, 6) is 0. The molecule has 2 heterocycles. The smallest absolute Gasteiger partial charge is 0.250 e. The van der Waals surface area contributed by atoms with Crippen LogP contribution in [0.2, 0.25) is 0 Å². The van der Waals surface area contributed by atoms with Crippen molar-refractivity contribution in [1.29, 1.82) is 0 Å². The first-order chi connectivity index (χ1) is 9.12. The fraction of sp³-hybridized carbons (Fsp3) is 0.333. The van der Waals surface area contributed by atoms with E-state index >= 15 is 0 Å². The number of aliphatic hydroxyl groups is 1. The molecule has 19 heavy (non-hydrogen) atoms. The minimum absolute atomic E-state index is 0.0333. The van der Waals surface area contributed by atoms with E-state index in [0.717, 1.165) is 10.4 Å². The van der Waals surface area contributed by atoms with Crippen LogP contribution in [-0.2, 0) is 22.9 Å². The SMILES string of the molecule is O=S(=O)(NCCc1ccsc1)c1ccc(CCO)s1. The number of hydrogen-bond donors (Lipinski definition) is 2. The number of nitrogens with one attached hydrogen (secondary N) is 1. The van der Waals surface area contributed by atoms with Crippen LogP contribution in [0, 0.1) is 0 Å². The van der Waals surface area contributed by atoms with Gasteiger partial charge < -0.3 is 5.11 Å². The molecule has 7 heteroatoms. The Labute approximate surface area is 120 Å². The average Bonchev–Trinajstić information content (AvgIpc) is 3.00. The summed E-state index contributed by atoms with van der Waals surface area (Å²) >= 11 is 2.81. The van der Waals surface area contributed by atoms with Gasteiger partial charge in [0.1, 0.15) is 4.21 Å². The van der Waals surface area contributed by atoms with Crippen molar-refractivity contribution in [2.75, 3.05) is 13.2 Å². The first-order valence-electron chi connectivity index (χ1n) is 5.82. The van der Waals surface area contributed by atoms with Crippen LogP contribution >= 0.6 is 22.7 Å². The van der Waals surface area contributed by atoms with Crippen LogP contribution < -0.4 is 4.72 Å². The van der Waals surface area contributed by atoms with E-state index in [2.05, 4.69) is 4.72 Å². The molecular weight excluding hydrogens is 302 g/mol. The van der Waals surface area contributed by atoms with Crippen molar-refractivity contribution in [2.24, 2.45) is 0 Å². The van der Waals surface area contributed by atoms with Gasteiger partial charge in [-0.05, 0) is 40.9 Å². The second-order valence-corrected chi connectivity index (χ2v) is 7.92. The molecule has 2 rings (SSSR count). The normalized spacial score (nSPS) is 11.8. The van der Waals surface area contributed by atoms with Gasteiger partial charge in [0.15, 0.2) is 0 Å². The second-order valence-electron chi connectivity index (χ2n) is 3.97. The molecule has 104 valence electrons. The van der Waals surface area contributed by atoms with Gasteiger partial charge in [-0.15, -0.1) is 11.3 Å². The molecule has 0 spiro atoms. The average molecular weight is 317 g/mol. The first kappa shape index (κ1) is 14.7. The maximum absolute atomic E-state index is 12.0. The molecule has 0 aromatic carbocycles. The van der Waals surface area contributed by atoms with Crippen LogP contribution in [0.25, 0.3) is 0 Å². The maximum Gasteiger partial charge on any atom is 0.250 e. The van der Waals surface area contributed by atoms with Crippen molar-refractivity contribution in [2.45, 2.75) is 17.1 Å². The molecule has 4 nitrogen and oxygen atoms in total. The van der Waals surface area contributed by atoms with Crippen LogP contribution in [0.4, 0.5) is 0 Å². The lowest BCUT2D eigenvalue weighted by atomic mass is 10.2. The maximum atomic E-state index is 12.0. The van der Waals surface area contributed by atoms with E-state index in [-0.39, 0.29) is 6.61 Å². The Morgan fingerprint density at radius 3 is 2.74 bits per heavy atom. The van der Waals surface area contributed by atoms with Gasteiger partial charge in [0.25, 0.3) is 0 Å². The van der Waals surface area contributed by atoms with Crippen molar-refractivity contribution in [3.05, 3.63) is 39.4 Å². The molecule has 0 bridgehead atoms. The third kappa shape index (κ3) is 4.12. The van der Waals surface area contributed by atoms with Gasteiger partial charge >= 0.3 is 0 Å². The molecule has 2 aromatic rings. The van der Waals surface area contributed by atoms with Crippen molar-refractivity contribution >= 4 is 32.7 Å². The molecule has 2 aromatic heterocycles. The lowest BCUT2D eigenvalue weighted by Crippen LogP contribution is -2.25. The third-order valence-electron chi connectivity index (χ3n) is 2.55. The van der Waals surface area contributed by atoms with Gasteiger partial charge in [-0.2, -0.15) is 11.3 Å². The van der Waals surface area contributed by atoms with E-state index in [9.17, 15) is 8.42 Å². The monoisotopic (exact) mass is 317 g/mol. The lowest BCUT2D eigenvalue weighted by molar-refractivity contribution is 0.300. The van der Waals surface area contributed by atoms with Crippen LogP contribution in [0.15, 0.2) is 33.2 Å². The predicted octanol–water partition coefficient (Wildman–Crippen LogP) is 1.87. The summed E-state index contributed by atoms with van der Waals surface area (Å²) in [7, 11) is -3.42. The molecule has 0 saturated carbocycles. The summed E-state index contributed by atoms with van der Waals surface area (Å²) in [6.45, 7) is 0.428. The Hall–Kier alpha value is -0.730. The molecule has 0 aliphatic rings. The summed E-state index contributed by atoms with van der Waals surface area (Å²) in [4.78, 5) is 0.876. The highest BCUT2D eigenvalue weighted by molar-refractivity contribution is 7.91. The second kappa shape index (κ2) is 6.62. The Bertz CT molecular complexity index is 602. The van der Waals surface area contributed by atoms with E-state index in [4.69, 9.17) is 5.11 Å². The van der Waals surface area contributed by atoms with Crippen LogP contribution in [-0.4, -0.2) is 26.7 Å². The summed E-state index contributed by atoms with van der Waals surface area (Å²) in [5, 5.41) is 12.8. The van der Waals surface area contributed by atoms with E-state index in [1.807, 2.05) is 16.8 Å². The largest absolute Gasteiger partial charge is 0.396 e. The molecule has 0 aliphatic heterocycles. The number of aliphatic hydroxyl groups excluding tert-OH is 1. The van der Waals surface area contributed by atoms with Crippen molar-refractivity contribution in [1.82, 2.24) is 4.72 Å². The van der Waals surface area contributed by atoms with Gasteiger partial charge in [0.05, 0.1) is 0 Å². The Balaban J connectivity index is 1.93. The molecule has 0 atom stereocenters. The zero-order valence-electron chi connectivity index (χ0n) is 10.2. The zero-order chi connectivity index (χ0) is 13.7. The van der Waals surface area contributed by atoms with Gasteiger partial charge in [0, 0.05) is 24.4 Å². The minimum Gasteiger partial charge on any atom is -0.396 e. The summed E-state index contributed by atoms with van der Waals surface area (Å²) in [5.41, 5.74) is 1.14. The molecule has 0 aliphatic carbocycles. The fourth-order valence-corrected chi connectivity index (χ4v) is 4.71. The fourth-order valence-electron chi connectivity index (χ4n) is 1.58. The molecule has 0 saturated heterocycles. The summed E-state index contributed by atoms with van der Waals surface area (Å²) < 4.78 is 26.9. The van der Waals surface area contributed by atoms with E-state index in [0.29, 0.717) is 23.6 Å². The number of rotatable bonds is 7. The van der Waals surface area contributed by atoms with Crippen LogP contribution in [0.3, 0.4) is 0 Å². The number of hydrogen-bond acceptors (Lipinski definition) is 5. The van der Waals surface area contributed by atoms with E-state index in [1.165, 1.54) is 11.3 Å². The molecule has 0 radical (unpaired) electrons. The highest BCUT2D eigenvalue weighted by Crippen LogP contribution is 2.21. The summed E-state index contributed by atoms with van der Waals surface area (Å²) in [6.07, 6.45) is 1.19. The number of sulfonamides is 1. The van der Waals surface area contributed by atoms with E-state index in [1.54, 1.807) is 23.5 Å². The van der Waals surface area contributed by atoms with Gasteiger partial charge in [-0.25, -0.2) is 13.1 Å². The predicted molar refractivity (Wildman–Crippen MR) is 78.3 cm³/mol. The minimum atomic E-state index is -3.42. The topological polar surface area (TPSA) is 66.4 Å². The van der Waals surface area contributed by atoms with Crippen LogP contribution in [0.1, 0.15) is 10.4 Å². The van der Waals surface area contributed by atoms with Crippen molar-refractivity contribution in [3.63, 3.8) is 0 Å². The standard InChI is InChI=1S/C12H15NO3S3/c14-7-4-11-1-2-12(18-11)19(15,16)13-6-3-10-5-8-17-9-10/h1-2,5,8-9,13-14H,3-4,6-7H2. The highest BCUT2D eigenvalue weighted by atomic mass is 32.2. The zero-order valence-corrected chi connectivity index (χ0v) is 12.7. The third-order valence-corrected chi connectivity index (χ3v) is 6.38. The number of thiophene rings is 2. The van der Waals surface area contributed by atoms with E-state index < -0.39 is 10.0 Å². The molecule has 2 N–H and O–H groups in total. The molecular formula is C12H15NO3S3. The Kier molecular flexibility index (Phi) is 5.12. The van der Waals surface area contributed by atoms with Gasteiger partial charge in [0.2, 0.25) is 10.0 Å². The molecule has 0 unspecified atom stereocenters. The van der Waals surface area contributed by atoms with Gasteiger partial charge in [-0.1, -0.05) is 0 Å². The van der Waals surface area contributed by atoms with Crippen molar-refractivity contribution < 1.29 is 13.5 Å². The summed E-state index contributed by atoms with van der Waals surface area (Å²) in [6, 6.07) is 5.32. The Morgan fingerprint density at radius 2 is 2.05 bits per heavy atom. The van der Waals surface area contributed by atoms with Crippen molar-refractivity contribution in [3.8, 4) is 0 Å². The highest BCUT2D eigenvalue weighted by Gasteiger charge is 2.16. The lowest BCUT2D eigenvalue weighted by Gasteiger charge is -2.03. The van der Waals surface area contributed by atoms with Crippen LogP contribution in [0.5, 0.6) is 0 Å².